The van der Waals surface area contributed by atoms with Gasteiger partial charge < -0.3 is 14.8 Å². The Bertz CT molecular complexity index is 484. The molecule has 0 aromatic carbocycles. The van der Waals surface area contributed by atoms with Gasteiger partial charge in [-0.05, 0) is 41.8 Å². The van der Waals surface area contributed by atoms with E-state index in [4.69, 9.17) is 4.42 Å². The molecule has 1 heterocycles. The first-order valence-corrected chi connectivity index (χ1v) is 6.51. The molecule has 0 saturated heterocycles. The van der Waals surface area contributed by atoms with Gasteiger partial charge in [0.25, 0.3) is 5.91 Å². The predicted molar refractivity (Wildman–Crippen MR) is 67.3 cm³/mol. The van der Waals surface area contributed by atoms with Crippen molar-refractivity contribution in [2.24, 2.45) is 5.41 Å². The molecule has 1 aromatic rings. The third-order valence-electron chi connectivity index (χ3n) is 3.61. The summed E-state index contributed by atoms with van der Waals surface area (Å²) in [4.78, 5) is 23.3. The third kappa shape index (κ3) is 2.16. The van der Waals surface area contributed by atoms with E-state index in [-0.39, 0.29) is 11.9 Å². The summed E-state index contributed by atoms with van der Waals surface area (Å²) in [6.45, 7) is 1.68. The predicted octanol–water partition coefficient (Wildman–Crippen LogP) is 2.42. The molecule has 1 saturated carbocycles. The van der Waals surface area contributed by atoms with Crippen molar-refractivity contribution in [3.8, 4) is 0 Å². The van der Waals surface area contributed by atoms with Gasteiger partial charge in [0.15, 0.2) is 4.67 Å². The second kappa shape index (κ2) is 4.76. The van der Waals surface area contributed by atoms with Crippen LogP contribution in [0, 0.1) is 5.41 Å². The number of aliphatic carboxylic acids is 1. The van der Waals surface area contributed by atoms with Crippen LogP contribution in [0.15, 0.2) is 21.4 Å². The van der Waals surface area contributed by atoms with Gasteiger partial charge in [-0.1, -0.05) is 6.42 Å². The Morgan fingerprint density at radius 3 is 2.89 bits per heavy atom. The number of carboxylic acids is 1. The van der Waals surface area contributed by atoms with Crippen molar-refractivity contribution in [3.05, 3.63) is 22.6 Å². The standard InChI is InChI=1S/C12H14BrNO4/c1-12(11(16)17)5-2-3-8(12)14-10(15)7-4-6-18-9(7)13/h4,6,8H,2-3,5H2,1H3,(H,14,15)(H,16,17). The summed E-state index contributed by atoms with van der Waals surface area (Å²) in [6, 6.07) is 1.20. The quantitative estimate of drug-likeness (QED) is 0.897. The number of carboxylic acid groups (broad SMARTS) is 1. The van der Waals surface area contributed by atoms with Gasteiger partial charge in [-0.3, -0.25) is 9.59 Å². The maximum Gasteiger partial charge on any atom is 0.311 e. The number of nitrogens with one attached hydrogen (secondary N) is 1. The van der Waals surface area contributed by atoms with Gasteiger partial charge in [-0.15, -0.1) is 0 Å². The van der Waals surface area contributed by atoms with Gasteiger partial charge >= 0.3 is 5.97 Å². The van der Waals surface area contributed by atoms with Crippen LogP contribution in [0.2, 0.25) is 0 Å². The van der Waals surface area contributed by atoms with Crippen molar-refractivity contribution in [1.29, 1.82) is 0 Å². The molecule has 18 heavy (non-hydrogen) atoms. The van der Waals surface area contributed by atoms with E-state index in [1.54, 1.807) is 13.0 Å². The van der Waals surface area contributed by atoms with E-state index in [2.05, 4.69) is 21.2 Å². The smallest absolute Gasteiger partial charge is 0.311 e. The summed E-state index contributed by atoms with van der Waals surface area (Å²) in [5.41, 5.74) is -0.499. The Labute approximate surface area is 113 Å². The lowest BCUT2D eigenvalue weighted by Gasteiger charge is -2.27. The number of amides is 1. The van der Waals surface area contributed by atoms with Gasteiger partial charge in [0.1, 0.15) is 0 Å². The average molecular weight is 316 g/mol. The fourth-order valence-corrected chi connectivity index (χ4v) is 2.77. The molecule has 6 heteroatoms. The zero-order valence-electron chi connectivity index (χ0n) is 9.90. The third-order valence-corrected chi connectivity index (χ3v) is 4.23. The number of halogens is 1. The van der Waals surface area contributed by atoms with Crippen molar-refractivity contribution in [3.63, 3.8) is 0 Å². The molecule has 1 aliphatic rings. The van der Waals surface area contributed by atoms with Crippen LogP contribution in [0.3, 0.4) is 0 Å². The van der Waals surface area contributed by atoms with Crippen molar-refractivity contribution in [1.82, 2.24) is 5.32 Å². The topological polar surface area (TPSA) is 79.5 Å². The number of carbonyl (C=O) groups excluding carboxylic acids is 1. The first-order valence-electron chi connectivity index (χ1n) is 5.72. The average Bonchev–Trinajstić information content (AvgIpc) is 2.87. The Hall–Kier alpha value is -1.30. The first-order chi connectivity index (χ1) is 8.45. The highest BCUT2D eigenvalue weighted by Gasteiger charge is 2.46. The Morgan fingerprint density at radius 1 is 1.61 bits per heavy atom. The van der Waals surface area contributed by atoms with E-state index >= 15 is 0 Å². The van der Waals surface area contributed by atoms with Crippen LogP contribution in [-0.4, -0.2) is 23.0 Å². The molecule has 2 atom stereocenters. The van der Waals surface area contributed by atoms with Crippen LogP contribution in [0.1, 0.15) is 36.5 Å². The number of hydrogen-bond acceptors (Lipinski definition) is 3. The first kappa shape index (κ1) is 13.1. The van der Waals surface area contributed by atoms with Gasteiger partial charge in [0.2, 0.25) is 0 Å². The van der Waals surface area contributed by atoms with Gasteiger partial charge in [-0.2, -0.15) is 0 Å². The fourth-order valence-electron chi connectivity index (χ4n) is 2.35. The second-order valence-corrected chi connectivity index (χ2v) is 5.47. The second-order valence-electron chi connectivity index (χ2n) is 4.75. The lowest BCUT2D eigenvalue weighted by molar-refractivity contribution is -0.148. The molecule has 98 valence electrons. The summed E-state index contributed by atoms with van der Waals surface area (Å²) < 4.78 is 5.35. The Morgan fingerprint density at radius 2 is 2.33 bits per heavy atom. The molecule has 0 bridgehead atoms. The highest BCUT2D eigenvalue weighted by Crippen LogP contribution is 2.38. The summed E-state index contributed by atoms with van der Waals surface area (Å²) in [5, 5.41) is 12.0. The number of hydrogen-bond donors (Lipinski definition) is 2. The van der Waals surface area contributed by atoms with E-state index in [1.807, 2.05) is 0 Å². The molecule has 2 rings (SSSR count). The normalized spacial score (nSPS) is 27.1. The summed E-state index contributed by atoms with van der Waals surface area (Å²) in [6.07, 6.45) is 3.48. The molecular weight excluding hydrogens is 302 g/mol. The molecular formula is C12H14BrNO4. The van der Waals surface area contributed by atoms with E-state index < -0.39 is 11.4 Å². The molecule has 1 aromatic heterocycles. The maximum atomic E-state index is 12.0. The van der Waals surface area contributed by atoms with Crippen LogP contribution < -0.4 is 5.32 Å². The van der Waals surface area contributed by atoms with E-state index in [1.165, 1.54) is 6.26 Å². The molecule has 0 radical (unpaired) electrons. The summed E-state index contributed by atoms with van der Waals surface area (Å²) >= 11 is 3.13. The molecule has 1 amide bonds. The number of carbonyl (C=O) groups is 2. The van der Waals surface area contributed by atoms with Crippen LogP contribution >= 0.6 is 15.9 Å². The summed E-state index contributed by atoms with van der Waals surface area (Å²) in [5.74, 6) is -1.17. The SMILES string of the molecule is CC1(C(=O)O)CCCC1NC(=O)c1ccoc1Br. The fraction of sp³-hybridized carbons (Fsp3) is 0.500. The molecule has 1 aliphatic carbocycles. The highest BCUT2D eigenvalue weighted by atomic mass is 79.9. The molecule has 2 unspecified atom stereocenters. The van der Waals surface area contributed by atoms with Gasteiger partial charge in [0, 0.05) is 6.04 Å². The highest BCUT2D eigenvalue weighted by molar-refractivity contribution is 9.10. The van der Waals surface area contributed by atoms with Crippen molar-refractivity contribution in [2.75, 3.05) is 0 Å². The number of rotatable bonds is 3. The molecule has 0 aliphatic heterocycles. The minimum atomic E-state index is -0.883. The molecule has 1 fully saturated rings. The molecule has 2 N–H and O–H groups in total. The summed E-state index contributed by atoms with van der Waals surface area (Å²) in [7, 11) is 0. The molecule has 5 nitrogen and oxygen atoms in total. The van der Waals surface area contributed by atoms with Crippen LogP contribution in [-0.2, 0) is 4.79 Å². The maximum absolute atomic E-state index is 12.0. The lowest BCUT2D eigenvalue weighted by atomic mass is 9.85. The van der Waals surface area contributed by atoms with Crippen LogP contribution in [0.25, 0.3) is 0 Å². The zero-order chi connectivity index (χ0) is 13.3. The van der Waals surface area contributed by atoms with E-state index in [0.717, 1.165) is 6.42 Å². The Kier molecular flexibility index (Phi) is 3.47. The van der Waals surface area contributed by atoms with Gasteiger partial charge in [0.05, 0.1) is 17.2 Å². The van der Waals surface area contributed by atoms with Gasteiger partial charge in [-0.25, -0.2) is 0 Å². The lowest BCUT2D eigenvalue weighted by Crippen LogP contribution is -2.47. The Balaban J connectivity index is 2.13. The van der Waals surface area contributed by atoms with E-state index in [9.17, 15) is 14.7 Å². The minimum absolute atomic E-state index is 0.310. The van der Waals surface area contributed by atoms with Crippen LogP contribution in [0.4, 0.5) is 0 Å². The monoisotopic (exact) mass is 315 g/mol. The van der Waals surface area contributed by atoms with E-state index in [0.29, 0.717) is 23.1 Å². The van der Waals surface area contributed by atoms with Crippen LogP contribution in [0.5, 0.6) is 0 Å². The van der Waals surface area contributed by atoms with Crippen molar-refractivity contribution in [2.45, 2.75) is 32.2 Å². The van der Waals surface area contributed by atoms with Crippen molar-refractivity contribution >= 4 is 27.8 Å². The van der Waals surface area contributed by atoms with Crippen molar-refractivity contribution < 1.29 is 19.1 Å². The zero-order valence-corrected chi connectivity index (χ0v) is 11.5. The largest absolute Gasteiger partial charge is 0.481 e. The molecule has 0 spiro atoms. The minimum Gasteiger partial charge on any atom is -0.481 e. The number of furan rings is 1.